The van der Waals surface area contributed by atoms with Crippen molar-refractivity contribution in [3.8, 4) is 5.75 Å². The first-order valence-corrected chi connectivity index (χ1v) is 12.2. The summed E-state index contributed by atoms with van der Waals surface area (Å²) in [5, 5.41) is 36.6. The minimum absolute atomic E-state index is 0.00634. The van der Waals surface area contributed by atoms with Crippen molar-refractivity contribution < 1.29 is 34.5 Å². The number of imidazole rings is 1. The maximum Gasteiger partial charge on any atom is 0.326 e. The molecule has 0 aliphatic rings. The van der Waals surface area contributed by atoms with E-state index in [-0.39, 0.29) is 30.9 Å². The third kappa shape index (κ3) is 9.48. The molecule has 13 heteroatoms. The van der Waals surface area contributed by atoms with Crippen molar-refractivity contribution in [1.82, 2.24) is 25.9 Å². The van der Waals surface area contributed by atoms with E-state index in [2.05, 4.69) is 25.9 Å². The molecule has 0 saturated heterocycles. The normalized spacial score (nSPS) is 15.1. The Labute approximate surface area is 220 Å². The lowest BCUT2D eigenvalue weighted by atomic mass is 10.0. The monoisotopic (exact) mass is 532 g/mol. The van der Waals surface area contributed by atoms with Crippen LogP contribution in [0.3, 0.4) is 0 Å². The van der Waals surface area contributed by atoms with Crippen LogP contribution in [0.4, 0.5) is 0 Å². The van der Waals surface area contributed by atoms with Crippen molar-refractivity contribution in [2.24, 2.45) is 11.7 Å². The van der Waals surface area contributed by atoms with Crippen LogP contribution in [0.5, 0.6) is 5.75 Å². The maximum atomic E-state index is 13.1. The molecule has 9 N–H and O–H groups in total. The zero-order valence-electron chi connectivity index (χ0n) is 21.5. The molecular formula is C25H36N6O7. The number of carboxylic acids is 1. The number of amides is 3. The van der Waals surface area contributed by atoms with E-state index in [0.717, 1.165) is 0 Å². The van der Waals surface area contributed by atoms with Crippen molar-refractivity contribution in [1.29, 1.82) is 0 Å². The molecule has 1 heterocycles. The third-order valence-electron chi connectivity index (χ3n) is 5.72. The highest BCUT2D eigenvalue weighted by Gasteiger charge is 2.33. The number of rotatable bonds is 14. The van der Waals surface area contributed by atoms with Gasteiger partial charge < -0.3 is 42.0 Å². The predicted molar refractivity (Wildman–Crippen MR) is 137 cm³/mol. The number of phenols is 1. The van der Waals surface area contributed by atoms with Gasteiger partial charge in [-0.05, 0) is 37.0 Å². The van der Waals surface area contributed by atoms with E-state index in [1.165, 1.54) is 43.7 Å². The van der Waals surface area contributed by atoms with Gasteiger partial charge in [-0.3, -0.25) is 14.4 Å². The number of nitrogens with zero attached hydrogens (tertiary/aromatic N) is 1. The van der Waals surface area contributed by atoms with E-state index in [1.807, 2.05) is 13.8 Å². The number of hydrogen-bond acceptors (Lipinski definition) is 8. The zero-order valence-corrected chi connectivity index (χ0v) is 21.5. The molecule has 0 spiro atoms. The molecule has 5 unspecified atom stereocenters. The number of carboxylic acid groups (broad SMARTS) is 1. The Kier molecular flexibility index (Phi) is 11.2. The summed E-state index contributed by atoms with van der Waals surface area (Å²) in [5.74, 6) is -3.56. The van der Waals surface area contributed by atoms with Gasteiger partial charge in [0.25, 0.3) is 0 Å². The molecular weight excluding hydrogens is 496 g/mol. The molecule has 0 aliphatic carbocycles. The van der Waals surface area contributed by atoms with Gasteiger partial charge in [0.15, 0.2) is 0 Å². The van der Waals surface area contributed by atoms with Crippen LogP contribution >= 0.6 is 0 Å². The van der Waals surface area contributed by atoms with E-state index >= 15 is 0 Å². The Balaban J connectivity index is 2.09. The highest BCUT2D eigenvalue weighted by atomic mass is 16.4. The smallest absolute Gasteiger partial charge is 0.326 e. The number of hydrogen-bond donors (Lipinski definition) is 8. The standard InChI is InChI=1S/C25H36N6O7/c1-13(2)8-19(29-22(34)18(26)10-16-11-27-12-28-16)23(35)31-21(14(3)32)24(36)30-20(25(37)38)9-15-4-6-17(33)7-5-15/h4-7,11-14,18-21,32-33H,8-10,26H2,1-3H3,(H,27,28)(H,29,34)(H,30,36)(H,31,35)(H,37,38). The number of carbonyl (C=O) groups excluding carboxylic acids is 3. The summed E-state index contributed by atoms with van der Waals surface area (Å²) in [6.07, 6.45) is 1.90. The lowest BCUT2D eigenvalue weighted by Crippen LogP contribution is -2.60. The SMILES string of the molecule is CC(C)CC(NC(=O)C(N)Cc1cnc[nH]1)C(=O)NC(C(=O)NC(Cc1ccc(O)cc1)C(=O)O)C(C)O. The number of aliphatic carboxylic acids is 1. The van der Waals surface area contributed by atoms with Crippen molar-refractivity contribution in [3.63, 3.8) is 0 Å². The van der Waals surface area contributed by atoms with Gasteiger partial charge in [-0.1, -0.05) is 26.0 Å². The molecule has 0 saturated carbocycles. The second-order valence-electron chi connectivity index (χ2n) is 9.58. The van der Waals surface area contributed by atoms with Gasteiger partial charge in [0.2, 0.25) is 17.7 Å². The first kappa shape index (κ1) is 30.3. The van der Waals surface area contributed by atoms with E-state index in [0.29, 0.717) is 11.3 Å². The van der Waals surface area contributed by atoms with Gasteiger partial charge >= 0.3 is 5.97 Å². The highest BCUT2D eigenvalue weighted by molar-refractivity contribution is 5.94. The molecule has 208 valence electrons. The number of aromatic hydroxyl groups is 1. The molecule has 0 aliphatic heterocycles. The number of nitrogens with one attached hydrogen (secondary N) is 4. The second-order valence-corrected chi connectivity index (χ2v) is 9.58. The number of phenolic OH excluding ortho intramolecular Hbond substituents is 1. The minimum atomic E-state index is -1.49. The van der Waals surface area contributed by atoms with Crippen molar-refractivity contribution >= 4 is 23.7 Å². The average molecular weight is 533 g/mol. The lowest BCUT2D eigenvalue weighted by molar-refractivity contribution is -0.143. The van der Waals surface area contributed by atoms with E-state index in [4.69, 9.17) is 5.73 Å². The summed E-state index contributed by atoms with van der Waals surface area (Å²) in [7, 11) is 0. The molecule has 38 heavy (non-hydrogen) atoms. The van der Waals surface area contributed by atoms with Gasteiger partial charge in [0, 0.05) is 24.7 Å². The molecule has 1 aromatic carbocycles. The third-order valence-corrected chi connectivity index (χ3v) is 5.72. The van der Waals surface area contributed by atoms with Gasteiger partial charge in [0.05, 0.1) is 18.5 Å². The van der Waals surface area contributed by atoms with Gasteiger partial charge in [0.1, 0.15) is 23.9 Å². The molecule has 13 nitrogen and oxygen atoms in total. The van der Waals surface area contributed by atoms with Gasteiger partial charge in [-0.15, -0.1) is 0 Å². The zero-order chi connectivity index (χ0) is 28.4. The quantitative estimate of drug-likeness (QED) is 0.152. The number of nitrogens with two attached hydrogens (primary N) is 1. The van der Waals surface area contributed by atoms with Crippen molar-refractivity contribution in [2.45, 2.75) is 70.3 Å². The van der Waals surface area contributed by atoms with Crippen LogP contribution in [-0.4, -0.2) is 79.2 Å². The number of carbonyl (C=O) groups is 4. The highest BCUT2D eigenvalue weighted by Crippen LogP contribution is 2.12. The van der Waals surface area contributed by atoms with Crippen molar-refractivity contribution in [2.75, 3.05) is 0 Å². The maximum absolute atomic E-state index is 13.1. The van der Waals surface area contributed by atoms with Crippen LogP contribution in [-0.2, 0) is 32.0 Å². The summed E-state index contributed by atoms with van der Waals surface area (Å²) in [4.78, 5) is 57.2. The summed E-state index contributed by atoms with van der Waals surface area (Å²) in [6, 6.07) is 0.925. The fraction of sp³-hybridized carbons (Fsp3) is 0.480. The molecule has 0 bridgehead atoms. The molecule has 2 aromatic rings. The van der Waals surface area contributed by atoms with Crippen LogP contribution < -0.4 is 21.7 Å². The Morgan fingerprint density at radius 2 is 1.58 bits per heavy atom. The fourth-order valence-electron chi connectivity index (χ4n) is 3.70. The Bertz CT molecular complexity index is 1070. The summed E-state index contributed by atoms with van der Waals surface area (Å²) in [6.45, 7) is 4.96. The Morgan fingerprint density at radius 3 is 2.11 bits per heavy atom. The van der Waals surface area contributed by atoms with Crippen LogP contribution in [0.2, 0.25) is 0 Å². The minimum Gasteiger partial charge on any atom is -0.508 e. The second kappa shape index (κ2) is 14.1. The average Bonchev–Trinajstić information content (AvgIpc) is 3.35. The fourth-order valence-corrected chi connectivity index (χ4v) is 3.70. The number of H-pyrrole nitrogens is 1. The van der Waals surface area contributed by atoms with E-state index < -0.39 is 54.0 Å². The number of aliphatic hydroxyl groups is 1. The number of benzene rings is 1. The Hall–Kier alpha value is -3.97. The molecule has 0 radical (unpaired) electrons. The van der Waals surface area contributed by atoms with Crippen LogP contribution in [0.15, 0.2) is 36.8 Å². The van der Waals surface area contributed by atoms with E-state index in [1.54, 1.807) is 0 Å². The molecule has 0 fully saturated rings. The number of aromatic nitrogens is 2. The lowest BCUT2D eigenvalue weighted by Gasteiger charge is -2.27. The summed E-state index contributed by atoms with van der Waals surface area (Å²) in [5.41, 5.74) is 7.16. The Morgan fingerprint density at radius 1 is 0.947 bits per heavy atom. The topological polar surface area (TPSA) is 220 Å². The molecule has 1 aromatic heterocycles. The van der Waals surface area contributed by atoms with Crippen LogP contribution in [0.25, 0.3) is 0 Å². The molecule has 2 rings (SSSR count). The summed E-state index contributed by atoms with van der Waals surface area (Å²) >= 11 is 0. The molecule has 5 atom stereocenters. The predicted octanol–water partition coefficient (Wildman–Crippen LogP) is -0.806. The van der Waals surface area contributed by atoms with Crippen LogP contribution in [0.1, 0.15) is 38.4 Å². The summed E-state index contributed by atoms with van der Waals surface area (Å²) < 4.78 is 0. The van der Waals surface area contributed by atoms with Crippen LogP contribution in [0, 0.1) is 5.92 Å². The van der Waals surface area contributed by atoms with Gasteiger partial charge in [-0.25, -0.2) is 9.78 Å². The first-order valence-electron chi connectivity index (χ1n) is 12.2. The number of aliphatic hydroxyl groups excluding tert-OH is 1. The van der Waals surface area contributed by atoms with Crippen molar-refractivity contribution in [3.05, 3.63) is 48.0 Å². The molecule has 3 amide bonds. The largest absolute Gasteiger partial charge is 0.508 e. The number of aromatic amines is 1. The first-order chi connectivity index (χ1) is 17.9. The van der Waals surface area contributed by atoms with E-state index in [9.17, 15) is 34.5 Å². The van der Waals surface area contributed by atoms with Gasteiger partial charge in [-0.2, -0.15) is 0 Å².